The van der Waals surface area contributed by atoms with E-state index in [-0.39, 0.29) is 5.91 Å². The lowest BCUT2D eigenvalue weighted by molar-refractivity contribution is 0.103. The lowest BCUT2D eigenvalue weighted by Crippen LogP contribution is -2.11. The zero-order chi connectivity index (χ0) is 19.4. The summed E-state index contributed by atoms with van der Waals surface area (Å²) in [5.74, 6) is 0.809. The molecule has 7 nitrogen and oxygen atoms in total. The summed E-state index contributed by atoms with van der Waals surface area (Å²) in [7, 11) is 3.07. The molecule has 0 aliphatic heterocycles. The molecule has 140 valence electrons. The monoisotopic (exact) mass is 388 g/mol. The van der Waals surface area contributed by atoms with Gasteiger partial charge in [0.2, 0.25) is 0 Å². The Balaban J connectivity index is 1.75. The van der Waals surface area contributed by atoms with Gasteiger partial charge in [-0.2, -0.15) is 0 Å². The first-order valence-electron chi connectivity index (χ1n) is 7.89. The minimum Gasteiger partial charge on any atom is -0.493 e. The molecule has 0 aliphatic carbocycles. The van der Waals surface area contributed by atoms with Crippen molar-refractivity contribution in [3.63, 3.8) is 0 Å². The number of carbonyl (C=O) groups is 1. The van der Waals surface area contributed by atoms with Gasteiger partial charge in [0, 0.05) is 11.8 Å². The zero-order valence-corrected chi connectivity index (χ0v) is 15.7. The highest BCUT2D eigenvalue weighted by Gasteiger charge is 2.17. The average Bonchev–Trinajstić information content (AvgIpc) is 3.03. The second-order valence-electron chi connectivity index (χ2n) is 5.44. The van der Waals surface area contributed by atoms with E-state index in [0.717, 1.165) is 6.20 Å². The van der Waals surface area contributed by atoms with Crippen LogP contribution in [0.5, 0.6) is 11.5 Å². The van der Waals surface area contributed by atoms with Gasteiger partial charge < -0.3 is 20.1 Å². The average molecular weight is 388 g/mol. The maximum atomic E-state index is 12.9. The van der Waals surface area contributed by atoms with Crippen molar-refractivity contribution < 1.29 is 18.7 Å². The minimum atomic E-state index is -0.425. The molecule has 0 spiro atoms. The van der Waals surface area contributed by atoms with E-state index in [9.17, 15) is 9.18 Å². The largest absolute Gasteiger partial charge is 0.493 e. The molecule has 2 N–H and O–H groups in total. The minimum absolute atomic E-state index is 0.294. The van der Waals surface area contributed by atoms with Crippen LogP contribution < -0.4 is 20.1 Å². The van der Waals surface area contributed by atoms with Gasteiger partial charge in [0.1, 0.15) is 16.5 Å². The number of nitrogens with one attached hydrogen (secondary N) is 2. The van der Waals surface area contributed by atoms with Crippen molar-refractivity contribution in [2.75, 3.05) is 24.9 Å². The van der Waals surface area contributed by atoms with Crippen LogP contribution in [0.15, 0.2) is 36.5 Å². The number of hydrogen-bond donors (Lipinski definition) is 2. The maximum absolute atomic E-state index is 12.9. The lowest BCUT2D eigenvalue weighted by atomic mass is 10.2. The van der Waals surface area contributed by atoms with Crippen LogP contribution in [0.3, 0.4) is 0 Å². The summed E-state index contributed by atoms with van der Waals surface area (Å²) in [4.78, 5) is 21.3. The highest BCUT2D eigenvalue weighted by Crippen LogP contribution is 2.31. The first kappa shape index (κ1) is 18.6. The normalized spacial score (nSPS) is 10.4. The van der Waals surface area contributed by atoms with Crippen molar-refractivity contribution in [2.45, 2.75) is 6.92 Å². The quantitative estimate of drug-likeness (QED) is 0.664. The lowest BCUT2D eigenvalue weighted by Gasteiger charge is -2.10. The number of carbonyl (C=O) groups excluding carboxylic acids is 1. The van der Waals surface area contributed by atoms with Crippen molar-refractivity contribution >= 4 is 33.9 Å². The van der Waals surface area contributed by atoms with Gasteiger partial charge >= 0.3 is 0 Å². The van der Waals surface area contributed by atoms with E-state index in [1.165, 1.54) is 30.6 Å². The molecule has 0 saturated heterocycles. The number of aryl methyl sites for hydroxylation is 1. The molecule has 0 aliphatic rings. The van der Waals surface area contributed by atoms with Crippen LogP contribution in [0.2, 0.25) is 0 Å². The van der Waals surface area contributed by atoms with Crippen LogP contribution in [-0.4, -0.2) is 30.1 Å². The number of amides is 1. The molecule has 0 fully saturated rings. The van der Waals surface area contributed by atoms with Crippen LogP contribution >= 0.6 is 11.3 Å². The molecule has 27 heavy (non-hydrogen) atoms. The summed E-state index contributed by atoms with van der Waals surface area (Å²) < 4.78 is 23.4. The van der Waals surface area contributed by atoms with Crippen molar-refractivity contribution in [1.29, 1.82) is 0 Å². The smallest absolute Gasteiger partial charge is 0.267 e. The predicted molar refractivity (Wildman–Crippen MR) is 102 cm³/mol. The highest BCUT2D eigenvalue weighted by atomic mass is 32.1. The maximum Gasteiger partial charge on any atom is 0.267 e. The SMILES string of the molecule is COc1ccc(NC(=O)c2sc(Nc3ccc(F)cn3)nc2C)cc1OC. The molecule has 0 radical (unpaired) electrons. The molecular weight excluding hydrogens is 371 g/mol. The molecule has 0 saturated carbocycles. The fourth-order valence-corrected chi connectivity index (χ4v) is 3.19. The zero-order valence-electron chi connectivity index (χ0n) is 14.9. The third kappa shape index (κ3) is 4.32. The number of hydrogen-bond acceptors (Lipinski definition) is 7. The van der Waals surface area contributed by atoms with Crippen LogP contribution in [0.25, 0.3) is 0 Å². The van der Waals surface area contributed by atoms with Gasteiger partial charge in [-0.3, -0.25) is 4.79 Å². The molecule has 0 atom stereocenters. The third-order valence-electron chi connectivity index (χ3n) is 3.61. The Morgan fingerprint density at radius 3 is 2.59 bits per heavy atom. The predicted octanol–water partition coefficient (Wildman–Crippen LogP) is 4.00. The van der Waals surface area contributed by atoms with Crippen molar-refractivity contribution in [3.8, 4) is 11.5 Å². The second-order valence-corrected chi connectivity index (χ2v) is 6.44. The topological polar surface area (TPSA) is 85.4 Å². The van der Waals surface area contributed by atoms with E-state index >= 15 is 0 Å². The fourth-order valence-electron chi connectivity index (χ4n) is 2.32. The van der Waals surface area contributed by atoms with Gasteiger partial charge in [0.25, 0.3) is 5.91 Å². The summed E-state index contributed by atoms with van der Waals surface area (Å²) in [5, 5.41) is 6.26. The van der Waals surface area contributed by atoms with Crippen molar-refractivity contribution in [1.82, 2.24) is 9.97 Å². The molecule has 2 heterocycles. The van der Waals surface area contributed by atoms with Crippen LogP contribution in [0.4, 0.5) is 21.0 Å². The molecule has 3 aromatic rings. The Hall–Kier alpha value is -3.20. The summed E-state index contributed by atoms with van der Waals surface area (Å²) in [6.45, 7) is 1.74. The standard InChI is InChI=1S/C18H17FN4O3S/c1-10-16(27-18(21-10)23-15-7-4-11(19)9-20-15)17(24)22-12-5-6-13(25-2)14(8-12)26-3/h4-9H,1-3H3,(H,22,24)(H,20,21,23). The Morgan fingerprint density at radius 2 is 1.93 bits per heavy atom. The van der Waals surface area contributed by atoms with Crippen LogP contribution in [0, 0.1) is 12.7 Å². The fraction of sp³-hybridized carbons (Fsp3) is 0.167. The van der Waals surface area contributed by atoms with E-state index in [0.29, 0.717) is 38.7 Å². The molecule has 1 amide bonds. The summed E-state index contributed by atoms with van der Waals surface area (Å²) >= 11 is 1.18. The number of halogens is 1. The number of rotatable bonds is 6. The van der Waals surface area contributed by atoms with Gasteiger partial charge in [0.05, 0.1) is 26.1 Å². The van der Waals surface area contributed by atoms with Crippen molar-refractivity contribution in [3.05, 3.63) is 52.9 Å². The number of benzene rings is 1. The molecule has 9 heteroatoms. The molecule has 1 aromatic carbocycles. The molecule has 3 rings (SSSR count). The summed E-state index contributed by atoms with van der Waals surface area (Å²) in [6, 6.07) is 7.89. The molecular formula is C18H17FN4O3S. The van der Waals surface area contributed by atoms with E-state index < -0.39 is 5.82 Å². The highest BCUT2D eigenvalue weighted by molar-refractivity contribution is 7.17. The molecule has 2 aromatic heterocycles. The summed E-state index contributed by atoms with van der Waals surface area (Å²) in [5.41, 5.74) is 1.14. The molecule has 0 unspecified atom stereocenters. The van der Waals surface area contributed by atoms with E-state index in [2.05, 4.69) is 20.6 Å². The Bertz CT molecular complexity index is 960. The summed E-state index contributed by atoms with van der Waals surface area (Å²) in [6.07, 6.45) is 1.10. The first-order chi connectivity index (χ1) is 13.0. The van der Waals surface area contributed by atoms with Gasteiger partial charge in [-0.15, -0.1) is 0 Å². The first-order valence-corrected chi connectivity index (χ1v) is 8.71. The number of methoxy groups -OCH3 is 2. The van der Waals surface area contributed by atoms with Gasteiger partial charge in [-0.25, -0.2) is 14.4 Å². The number of anilines is 3. The third-order valence-corrected chi connectivity index (χ3v) is 4.68. The number of thiazole rings is 1. The molecule has 0 bridgehead atoms. The van der Waals surface area contributed by atoms with E-state index in [1.54, 1.807) is 32.2 Å². The van der Waals surface area contributed by atoms with Crippen LogP contribution in [0.1, 0.15) is 15.4 Å². The Morgan fingerprint density at radius 1 is 1.15 bits per heavy atom. The second kappa shape index (κ2) is 8.00. The number of nitrogens with zero attached hydrogens (tertiary/aromatic N) is 2. The van der Waals surface area contributed by atoms with E-state index in [1.807, 2.05) is 0 Å². The van der Waals surface area contributed by atoms with Crippen molar-refractivity contribution in [2.24, 2.45) is 0 Å². The Kier molecular flexibility index (Phi) is 5.51. The van der Waals surface area contributed by atoms with Gasteiger partial charge in [-0.1, -0.05) is 11.3 Å². The van der Waals surface area contributed by atoms with Gasteiger partial charge in [-0.05, 0) is 31.2 Å². The number of aromatic nitrogens is 2. The number of ether oxygens (including phenoxy) is 2. The Labute approximate surface area is 159 Å². The van der Waals surface area contributed by atoms with Crippen LogP contribution in [-0.2, 0) is 0 Å². The van der Waals surface area contributed by atoms with E-state index in [4.69, 9.17) is 9.47 Å². The van der Waals surface area contributed by atoms with Gasteiger partial charge in [0.15, 0.2) is 16.6 Å². The number of pyridine rings is 1.